The SMILES string of the molecule is [2H]c1c([2H])c([N+](=O)[O-])c([2H])c([N+](=O)[O-])c1Cl. The molecule has 0 heterocycles. The van der Waals surface area contributed by atoms with Crippen molar-refractivity contribution < 1.29 is 14.0 Å². The summed E-state index contributed by atoms with van der Waals surface area (Å²) in [7, 11) is 0. The van der Waals surface area contributed by atoms with Gasteiger partial charge in [-0.25, -0.2) is 0 Å². The highest BCUT2D eigenvalue weighted by Gasteiger charge is 2.17. The lowest BCUT2D eigenvalue weighted by Crippen LogP contribution is -1.92. The van der Waals surface area contributed by atoms with Gasteiger partial charge in [0, 0.05) is 6.04 Å². The molecule has 0 spiro atoms. The Kier molecular flexibility index (Phi) is 1.52. The summed E-state index contributed by atoms with van der Waals surface area (Å²) in [5.74, 6) is 0. The van der Waals surface area contributed by atoms with Crippen molar-refractivity contribution in [1.82, 2.24) is 0 Å². The molecule has 0 saturated carbocycles. The number of hydrogen-bond acceptors (Lipinski definition) is 4. The summed E-state index contributed by atoms with van der Waals surface area (Å²) in [6.45, 7) is 0. The van der Waals surface area contributed by atoms with Crippen LogP contribution in [-0.4, -0.2) is 9.85 Å². The van der Waals surface area contributed by atoms with E-state index in [1.807, 2.05) is 0 Å². The molecule has 0 bridgehead atoms. The van der Waals surface area contributed by atoms with Crippen LogP contribution in [0.5, 0.6) is 0 Å². The second-order valence-electron chi connectivity index (χ2n) is 1.90. The highest BCUT2D eigenvalue weighted by atomic mass is 35.5. The predicted octanol–water partition coefficient (Wildman–Crippen LogP) is 2.16. The van der Waals surface area contributed by atoms with Crippen molar-refractivity contribution in [3.05, 3.63) is 43.4 Å². The quantitative estimate of drug-likeness (QED) is 0.547. The van der Waals surface area contributed by atoms with Gasteiger partial charge < -0.3 is 0 Å². The summed E-state index contributed by atoms with van der Waals surface area (Å²) >= 11 is 5.38. The van der Waals surface area contributed by atoms with Crippen LogP contribution in [0.15, 0.2) is 18.1 Å². The average Bonchev–Trinajstić information content (AvgIpc) is 2.13. The lowest BCUT2D eigenvalue weighted by molar-refractivity contribution is -0.394. The molecule has 7 heteroatoms. The van der Waals surface area contributed by atoms with Gasteiger partial charge in [-0.1, -0.05) is 11.6 Å². The van der Waals surface area contributed by atoms with Crippen molar-refractivity contribution in [2.45, 2.75) is 0 Å². The first-order chi connectivity index (χ1) is 7.29. The Morgan fingerprint density at radius 2 is 1.92 bits per heavy atom. The van der Waals surface area contributed by atoms with Gasteiger partial charge in [-0.15, -0.1) is 0 Å². The molecule has 0 amide bonds. The van der Waals surface area contributed by atoms with Gasteiger partial charge in [0.05, 0.1) is 20.0 Å². The summed E-state index contributed by atoms with van der Waals surface area (Å²) in [4.78, 5) is 18.8. The molecule has 68 valence electrons. The number of nitrogens with zero attached hydrogens (tertiary/aromatic N) is 2. The third-order valence-electron chi connectivity index (χ3n) is 1.10. The minimum Gasteiger partial charge on any atom is -0.258 e. The second kappa shape index (κ2) is 3.36. The molecule has 0 radical (unpaired) electrons. The molecule has 0 aromatic heterocycles. The standard InChI is InChI=1S/C6H3ClN2O4/c7-5-2-1-4(8(10)11)3-6(5)9(12)13/h1-3H/i1D,2D,3D. The fourth-order valence-corrected chi connectivity index (χ4v) is 0.752. The Morgan fingerprint density at radius 1 is 1.31 bits per heavy atom. The maximum Gasteiger partial charge on any atom is 0.294 e. The van der Waals surface area contributed by atoms with Gasteiger partial charge in [0.1, 0.15) is 5.02 Å². The summed E-state index contributed by atoms with van der Waals surface area (Å²) < 4.78 is 21.6. The van der Waals surface area contributed by atoms with Gasteiger partial charge in [0.2, 0.25) is 0 Å². The maximum atomic E-state index is 10.5. The molecule has 0 fully saturated rings. The van der Waals surface area contributed by atoms with Crippen LogP contribution in [0.3, 0.4) is 0 Å². The first-order valence-electron chi connectivity index (χ1n) is 4.37. The molecular formula is C6H3ClN2O4. The van der Waals surface area contributed by atoms with Crippen LogP contribution in [0.4, 0.5) is 11.4 Å². The Labute approximate surface area is 81.3 Å². The molecule has 1 aromatic carbocycles. The Balaban J connectivity index is 3.80. The van der Waals surface area contributed by atoms with Crippen molar-refractivity contribution in [1.29, 1.82) is 0 Å². The number of hydrogen-bond donors (Lipinski definition) is 0. The van der Waals surface area contributed by atoms with Gasteiger partial charge in [-0.05, 0) is 6.04 Å². The van der Waals surface area contributed by atoms with Crippen LogP contribution < -0.4 is 0 Å². The predicted molar refractivity (Wildman–Crippen MR) is 44.8 cm³/mol. The molecule has 1 rings (SSSR count). The van der Waals surface area contributed by atoms with Crippen LogP contribution in [0.2, 0.25) is 5.02 Å². The molecule has 6 nitrogen and oxygen atoms in total. The van der Waals surface area contributed by atoms with E-state index >= 15 is 0 Å². The summed E-state index contributed by atoms with van der Waals surface area (Å²) in [5, 5.41) is 20.3. The molecule has 0 saturated heterocycles. The van der Waals surface area contributed by atoms with Gasteiger partial charge in [-0.2, -0.15) is 0 Å². The smallest absolute Gasteiger partial charge is 0.258 e. The van der Waals surface area contributed by atoms with Crippen LogP contribution in [0.1, 0.15) is 4.11 Å². The van der Waals surface area contributed by atoms with Crippen LogP contribution in [0.25, 0.3) is 0 Å². The minimum atomic E-state index is -1.12. The molecule has 13 heavy (non-hydrogen) atoms. The van der Waals surface area contributed by atoms with Crippen molar-refractivity contribution in [2.75, 3.05) is 0 Å². The number of nitro benzene ring substituents is 2. The fraction of sp³-hybridized carbons (Fsp3) is 0. The highest BCUT2D eigenvalue weighted by molar-refractivity contribution is 6.32. The number of halogens is 1. The zero-order valence-electron chi connectivity index (χ0n) is 8.91. The largest absolute Gasteiger partial charge is 0.294 e. The van der Waals surface area contributed by atoms with E-state index in [-0.39, 0.29) is 0 Å². The normalized spacial score (nSPS) is 12.8. The van der Waals surface area contributed by atoms with E-state index in [1.54, 1.807) is 0 Å². The number of nitro groups is 2. The molecule has 0 aliphatic carbocycles. The molecule has 0 aliphatic rings. The first kappa shape index (κ1) is 5.87. The van der Waals surface area contributed by atoms with Crippen LogP contribution in [0, 0.1) is 20.2 Å². The summed E-state index contributed by atoms with van der Waals surface area (Å²) in [5.41, 5.74) is -2.13. The van der Waals surface area contributed by atoms with E-state index in [1.165, 1.54) is 0 Å². The van der Waals surface area contributed by atoms with Gasteiger partial charge in [0.15, 0.2) is 0 Å². The molecule has 1 aromatic rings. The Bertz CT molecular complexity index is 466. The first-order valence-corrected chi connectivity index (χ1v) is 3.24. The van der Waals surface area contributed by atoms with Crippen LogP contribution in [-0.2, 0) is 0 Å². The Hall–Kier alpha value is -1.69. The fourth-order valence-electron chi connectivity index (χ4n) is 0.589. The minimum absolute atomic E-state index is 0.745. The molecular weight excluding hydrogens is 200 g/mol. The van der Waals surface area contributed by atoms with E-state index in [2.05, 4.69) is 0 Å². The number of rotatable bonds is 2. The van der Waals surface area contributed by atoms with E-state index in [0.717, 1.165) is 0 Å². The highest BCUT2D eigenvalue weighted by Crippen LogP contribution is 2.28. The summed E-state index contributed by atoms with van der Waals surface area (Å²) in [6, 6.07) is -2.82. The van der Waals surface area contributed by atoms with E-state index in [4.69, 9.17) is 15.7 Å². The van der Waals surface area contributed by atoms with Gasteiger partial charge in [-0.3, -0.25) is 20.2 Å². The van der Waals surface area contributed by atoms with E-state index in [9.17, 15) is 20.2 Å². The third kappa shape index (κ3) is 1.91. The molecule has 0 unspecified atom stereocenters. The molecule has 0 atom stereocenters. The van der Waals surface area contributed by atoms with E-state index < -0.39 is 44.4 Å². The topological polar surface area (TPSA) is 86.3 Å². The lowest BCUT2D eigenvalue weighted by atomic mass is 10.3. The molecule has 0 N–H and O–H groups in total. The van der Waals surface area contributed by atoms with Gasteiger partial charge >= 0.3 is 0 Å². The Morgan fingerprint density at radius 3 is 2.38 bits per heavy atom. The zero-order chi connectivity index (χ0) is 12.6. The molecule has 0 aliphatic heterocycles. The van der Waals surface area contributed by atoms with Crippen molar-refractivity contribution >= 4 is 23.0 Å². The number of benzene rings is 1. The van der Waals surface area contributed by atoms with Crippen LogP contribution >= 0.6 is 11.6 Å². The third-order valence-corrected chi connectivity index (χ3v) is 1.37. The van der Waals surface area contributed by atoms with Crippen molar-refractivity contribution in [3.63, 3.8) is 0 Å². The zero-order valence-corrected chi connectivity index (χ0v) is 6.66. The van der Waals surface area contributed by atoms with E-state index in [0.29, 0.717) is 0 Å². The lowest BCUT2D eigenvalue weighted by Gasteiger charge is -1.94. The second-order valence-corrected chi connectivity index (χ2v) is 2.28. The van der Waals surface area contributed by atoms with Gasteiger partial charge in [0.25, 0.3) is 11.4 Å². The van der Waals surface area contributed by atoms with Crippen molar-refractivity contribution in [3.8, 4) is 0 Å². The monoisotopic (exact) mass is 205 g/mol. The average molecular weight is 206 g/mol. The maximum absolute atomic E-state index is 10.5. The summed E-state index contributed by atoms with van der Waals surface area (Å²) in [6.07, 6.45) is 0. The van der Waals surface area contributed by atoms with Crippen molar-refractivity contribution in [2.24, 2.45) is 0 Å².